The van der Waals surface area contributed by atoms with Crippen LogP contribution in [0.2, 0.25) is 0 Å². The van der Waals surface area contributed by atoms with E-state index in [1.165, 1.54) is 5.56 Å². The predicted molar refractivity (Wildman–Crippen MR) is 114 cm³/mol. The van der Waals surface area contributed by atoms with E-state index in [1.54, 1.807) is 19.4 Å². The highest BCUT2D eigenvalue weighted by Gasteiger charge is 2.17. The molecule has 7 nitrogen and oxygen atoms in total. The van der Waals surface area contributed by atoms with Crippen molar-refractivity contribution in [2.45, 2.75) is 32.4 Å². The quantitative estimate of drug-likeness (QED) is 0.384. The van der Waals surface area contributed by atoms with Crippen molar-refractivity contribution in [3.05, 3.63) is 53.9 Å². The first-order valence-electron chi connectivity index (χ1n) is 10.1. The number of ether oxygens (including phenoxy) is 3. The van der Waals surface area contributed by atoms with E-state index in [4.69, 9.17) is 14.2 Å². The summed E-state index contributed by atoms with van der Waals surface area (Å²) in [4.78, 5) is 8.30. The number of benzene rings is 1. The average molecular weight is 399 g/mol. The lowest BCUT2D eigenvalue weighted by atomic mass is 10.1. The van der Waals surface area contributed by atoms with E-state index >= 15 is 0 Å². The van der Waals surface area contributed by atoms with Gasteiger partial charge in [-0.1, -0.05) is 12.1 Å². The fraction of sp³-hybridized carbons (Fsp3) is 0.455. The number of rotatable bonds is 9. The van der Waals surface area contributed by atoms with E-state index in [0.29, 0.717) is 32.3 Å². The second kappa shape index (κ2) is 11.3. The Kier molecular flexibility index (Phi) is 8.12. The van der Waals surface area contributed by atoms with Gasteiger partial charge in [0.05, 0.1) is 18.8 Å². The molecule has 29 heavy (non-hydrogen) atoms. The molecule has 0 spiro atoms. The molecule has 2 heterocycles. The number of guanidine groups is 1. The van der Waals surface area contributed by atoms with Crippen molar-refractivity contribution in [1.29, 1.82) is 0 Å². The van der Waals surface area contributed by atoms with Crippen molar-refractivity contribution in [3.8, 4) is 11.5 Å². The zero-order valence-electron chi connectivity index (χ0n) is 17.2. The molecular formula is C22H30N4O3. The lowest BCUT2D eigenvalue weighted by Crippen LogP contribution is -2.39. The molecule has 1 aromatic heterocycles. The fourth-order valence-corrected chi connectivity index (χ4v) is 3.07. The van der Waals surface area contributed by atoms with Crippen LogP contribution in [0.5, 0.6) is 11.5 Å². The summed E-state index contributed by atoms with van der Waals surface area (Å²) in [5.41, 5.74) is 2.26. The topological polar surface area (TPSA) is 77.0 Å². The molecule has 1 saturated heterocycles. The van der Waals surface area contributed by atoms with E-state index in [1.807, 2.05) is 12.1 Å². The Balaban J connectivity index is 1.45. The molecule has 1 aliphatic rings. The molecule has 7 heteroatoms. The molecule has 3 rings (SSSR count). The molecular weight excluding hydrogens is 368 g/mol. The summed E-state index contributed by atoms with van der Waals surface area (Å²) in [5.74, 6) is 2.36. The average Bonchev–Trinajstić information content (AvgIpc) is 3.27. The lowest BCUT2D eigenvalue weighted by molar-refractivity contribution is 0.0676. The maximum absolute atomic E-state index is 6.06. The highest BCUT2D eigenvalue weighted by molar-refractivity contribution is 5.79. The maximum atomic E-state index is 6.06. The van der Waals surface area contributed by atoms with Gasteiger partial charge in [-0.3, -0.25) is 9.98 Å². The third-order valence-corrected chi connectivity index (χ3v) is 4.64. The van der Waals surface area contributed by atoms with E-state index in [2.05, 4.69) is 45.7 Å². The standard InChI is InChI=1S/C22H30N4O3/c1-17-7-8-18(21(13-17)29-16-20-6-4-11-27-20)14-26-22(23-2)25-10-12-28-19-5-3-9-24-15-19/h3,5,7-9,13,15,20H,4,6,10-12,14,16H2,1-2H3,(H2,23,25,26). The van der Waals surface area contributed by atoms with Gasteiger partial charge in [-0.15, -0.1) is 0 Å². The summed E-state index contributed by atoms with van der Waals surface area (Å²) in [6.45, 7) is 5.26. The summed E-state index contributed by atoms with van der Waals surface area (Å²) in [5, 5.41) is 6.58. The summed E-state index contributed by atoms with van der Waals surface area (Å²) in [6.07, 6.45) is 5.80. The highest BCUT2D eigenvalue weighted by Crippen LogP contribution is 2.22. The molecule has 156 valence electrons. The molecule has 1 aliphatic heterocycles. The number of hydrogen-bond acceptors (Lipinski definition) is 5. The molecule has 0 saturated carbocycles. The van der Waals surface area contributed by atoms with Gasteiger partial charge in [0.2, 0.25) is 0 Å². The van der Waals surface area contributed by atoms with Gasteiger partial charge in [-0.25, -0.2) is 0 Å². The predicted octanol–water partition coefficient (Wildman–Crippen LogP) is 2.69. The number of pyridine rings is 1. The van der Waals surface area contributed by atoms with Gasteiger partial charge in [0.1, 0.15) is 24.7 Å². The van der Waals surface area contributed by atoms with Gasteiger partial charge in [0.25, 0.3) is 0 Å². The molecule has 1 aromatic carbocycles. The van der Waals surface area contributed by atoms with Gasteiger partial charge < -0.3 is 24.8 Å². The van der Waals surface area contributed by atoms with Crippen LogP contribution in [-0.2, 0) is 11.3 Å². The molecule has 1 fully saturated rings. The van der Waals surface area contributed by atoms with E-state index in [0.717, 1.165) is 36.5 Å². The van der Waals surface area contributed by atoms with Crippen LogP contribution in [0, 0.1) is 6.92 Å². The van der Waals surface area contributed by atoms with Crippen molar-refractivity contribution in [2.75, 3.05) is 33.4 Å². The monoisotopic (exact) mass is 398 g/mol. The molecule has 0 aliphatic carbocycles. The summed E-state index contributed by atoms with van der Waals surface area (Å²) >= 11 is 0. The Morgan fingerprint density at radius 1 is 1.28 bits per heavy atom. The Labute approximate surface area is 172 Å². The van der Waals surface area contributed by atoms with Crippen molar-refractivity contribution in [2.24, 2.45) is 4.99 Å². The zero-order chi connectivity index (χ0) is 20.3. The molecule has 0 bridgehead atoms. The largest absolute Gasteiger partial charge is 0.491 e. The van der Waals surface area contributed by atoms with Gasteiger partial charge in [-0.2, -0.15) is 0 Å². The Hall–Kier alpha value is -2.80. The fourth-order valence-electron chi connectivity index (χ4n) is 3.07. The molecule has 0 radical (unpaired) electrons. The van der Waals surface area contributed by atoms with E-state index < -0.39 is 0 Å². The van der Waals surface area contributed by atoms with Crippen LogP contribution in [0.25, 0.3) is 0 Å². The van der Waals surface area contributed by atoms with Crippen LogP contribution >= 0.6 is 0 Å². The second-order valence-electron chi connectivity index (χ2n) is 6.95. The molecule has 0 amide bonds. The van der Waals surface area contributed by atoms with Gasteiger partial charge >= 0.3 is 0 Å². The minimum atomic E-state index is 0.200. The zero-order valence-corrected chi connectivity index (χ0v) is 17.2. The van der Waals surface area contributed by atoms with Crippen molar-refractivity contribution in [3.63, 3.8) is 0 Å². The van der Waals surface area contributed by atoms with Gasteiger partial charge in [-0.05, 0) is 43.5 Å². The number of nitrogens with zero attached hydrogens (tertiary/aromatic N) is 2. The molecule has 1 unspecified atom stereocenters. The van der Waals surface area contributed by atoms with Crippen LogP contribution in [-0.4, -0.2) is 50.5 Å². The molecule has 2 N–H and O–H groups in total. The highest BCUT2D eigenvalue weighted by atomic mass is 16.5. The van der Waals surface area contributed by atoms with Crippen LogP contribution in [0.1, 0.15) is 24.0 Å². The molecule has 2 aromatic rings. The van der Waals surface area contributed by atoms with Crippen molar-refractivity contribution in [1.82, 2.24) is 15.6 Å². The Morgan fingerprint density at radius 3 is 2.97 bits per heavy atom. The number of aromatic nitrogens is 1. The lowest BCUT2D eigenvalue weighted by Gasteiger charge is -2.17. The summed E-state index contributed by atoms with van der Waals surface area (Å²) in [7, 11) is 1.75. The molecule has 1 atom stereocenters. The maximum Gasteiger partial charge on any atom is 0.191 e. The van der Waals surface area contributed by atoms with Crippen molar-refractivity contribution < 1.29 is 14.2 Å². The van der Waals surface area contributed by atoms with Crippen LogP contribution < -0.4 is 20.1 Å². The smallest absolute Gasteiger partial charge is 0.191 e. The van der Waals surface area contributed by atoms with Gasteiger partial charge in [0, 0.05) is 32.0 Å². The van der Waals surface area contributed by atoms with E-state index in [-0.39, 0.29) is 6.10 Å². The third-order valence-electron chi connectivity index (χ3n) is 4.64. The number of nitrogens with one attached hydrogen (secondary N) is 2. The van der Waals surface area contributed by atoms with E-state index in [9.17, 15) is 0 Å². The SMILES string of the molecule is CN=C(NCCOc1cccnc1)NCc1ccc(C)cc1OCC1CCCO1. The minimum absolute atomic E-state index is 0.200. The summed E-state index contributed by atoms with van der Waals surface area (Å²) < 4.78 is 17.4. The minimum Gasteiger partial charge on any atom is -0.491 e. The first kappa shape index (κ1) is 20.9. The number of aryl methyl sites for hydroxylation is 1. The number of hydrogen-bond donors (Lipinski definition) is 2. The Bertz CT molecular complexity index is 777. The second-order valence-corrected chi connectivity index (χ2v) is 6.95. The summed E-state index contributed by atoms with van der Waals surface area (Å²) in [6, 6.07) is 9.99. The van der Waals surface area contributed by atoms with Crippen LogP contribution in [0.15, 0.2) is 47.7 Å². The van der Waals surface area contributed by atoms with Crippen LogP contribution in [0.4, 0.5) is 0 Å². The van der Waals surface area contributed by atoms with Crippen molar-refractivity contribution >= 4 is 5.96 Å². The first-order valence-corrected chi connectivity index (χ1v) is 10.1. The number of aliphatic imine (C=N–C) groups is 1. The Morgan fingerprint density at radius 2 is 2.21 bits per heavy atom. The first-order chi connectivity index (χ1) is 14.2. The normalized spacial score (nSPS) is 16.5. The van der Waals surface area contributed by atoms with Crippen LogP contribution in [0.3, 0.4) is 0 Å². The third kappa shape index (κ3) is 6.94. The van der Waals surface area contributed by atoms with Gasteiger partial charge in [0.15, 0.2) is 5.96 Å².